The second kappa shape index (κ2) is 8.88. The summed E-state index contributed by atoms with van der Waals surface area (Å²) < 4.78 is 5.53. The third-order valence-corrected chi connectivity index (χ3v) is 6.66. The molecule has 6 nitrogen and oxygen atoms in total. The highest BCUT2D eigenvalue weighted by Crippen LogP contribution is 2.44. The van der Waals surface area contributed by atoms with E-state index in [1.54, 1.807) is 12.1 Å². The van der Waals surface area contributed by atoms with Crippen LogP contribution in [0.4, 0.5) is 4.79 Å². The van der Waals surface area contributed by atoms with Crippen LogP contribution in [0.3, 0.4) is 0 Å². The zero-order chi connectivity index (χ0) is 23.8. The summed E-state index contributed by atoms with van der Waals surface area (Å²) in [5, 5.41) is 13.7. The van der Waals surface area contributed by atoms with Crippen LogP contribution < -0.4 is 5.32 Å². The number of aryl methyl sites for hydroxylation is 1. The van der Waals surface area contributed by atoms with E-state index < -0.39 is 18.1 Å². The molecule has 1 amide bonds. The number of hydrogen-bond donors (Lipinski definition) is 3. The second-order valence-corrected chi connectivity index (χ2v) is 8.92. The van der Waals surface area contributed by atoms with Crippen molar-refractivity contribution >= 4 is 34.6 Å². The smallest absolute Gasteiger partial charge is 0.407 e. The molecule has 0 bridgehead atoms. The number of rotatable bonds is 6. The van der Waals surface area contributed by atoms with Crippen LogP contribution in [0.2, 0.25) is 5.02 Å². The SMILES string of the molecule is Cc1[nH]c2ccc(Cl)cc2c1CC(NC(=O)OCC1c2ccccc2-c2ccccc21)C(=O)O. The van der Waals surface area contributed by atoms with E-state index in [2.05, 4.69) is 22.4 Å². The van der Waals surface area contributed by atoms with Crippen molar-refractivity contribution in [3.63, 3.8) is 0 Å². The van der Waals surface area contributed by atoms with Gasteiger partial charge in [0.1, 0.15) is 12.6 Å². The summed E-state index contributed by atoms with van der Waals surface area (Å²) >= 11 is 6.14. The first-order chi connectivity index (χ1) is 16.4. The lowest BCUT2D eigenvalue weighted by molar-refractivity contribution is -0.139. The fraction of sp³-hybridized carbons (Fsp3) is 0.185. The number of fused-ring (bicyclic) bond motifs is 4. The highest BCUT2D eigenvalue weighted by molar-refractivity contribution is 6.31. The highest BCUT2D eigenvalue weighted by Gasteiger charge is 2.30. The topological polar surface area (TPSA) is 91.4 Å². The summed E-state index contributed by atoms with van der Waals surface area (Å²) in [7, 11) is 0. The van der Waals surface area contributed by atoms with Crippen molar-refractivity contribution in [3.05, 3.63) is 94.1 Å². The molecule has 172 valence electrons. The van der Waals surface area contributed by atoms with Gasteiger partial charge in [-0.1, -0.05) is 60.1 Å². The van der Waals surface area contributed by atoms with E-state index in [-0.39, 0.29) is 18.9 Å². The van der Waals surface area contributed by atoms with Gasteiger partial charge < -0.3 is 20.1 Å². The van der Waals surface area contributed by atoms with E-state index in [1.807, 2.05) is 49.4 Å². The molecule has 0 saturated heterocycles. The third-order valence-electron chi connectivity index (χ3n) is 6.42. The van der Waals surface area contributed by atoms with E-state index in [0.717, 1.165) is 44.4 Å². The Morgan fingerprint density at radius 1 is 1.06 bits per heavy atom. The number of nitrogens with one attached hydrogen (secondary N) is 2. The molecular weight excluding hydrogens is 452 g/mol. The number of carboxylic acid groups (broad SMARTS) is 1. The predicted molar refractivity (Wildman–Crippen MR) is 131 cm³/mol. The van der Waals surface area contributed by atoms with Gasteiger partial charge in [0, 0.05) is 34.0 Å². The van der Waals surface area contributed by atoms with Gasteiger partial charge in [-0.05, 0) is 52.9 Å². The molecule has 0 fully saturated rings. The molecule has 0 radical (unpaired) electrons. The van der Waals surface area contributed by atoms with E-state index in [4.69, 9.17) is 16.3 Å². The number of alkyl carbamates (subject to hydrolysis) is 1. The number of hydrogen-bond acceptors (Lipinski definition) is 3. The molecule has 34 heavy (non-hydrogen) atoms. The second-order valence-electron chi connectivity index (χ2n) is 8.48. The average molecular weight is 475 g/mol. The fourth-order valence-electron chi connectivity index (χ4n) is 4.80. The molecule has 4 aromatic rings. The Balaban J connectivity index is 1.31. The number of benzene rings is 3. The number of carbonyl (C=O) groups is 2. The molecule has 1 unspecified atom stereocenters. The van der Waals surface area contributed by atoms with E-state index >= 15 is 0 Å². The zero-order valence-corrected chi connectivity index (χ0v) is 19.2. The molecule has 7 heteroatoms. The number of H-pyrrole nitrogens is 1. The minimum absolute atomic E-state index is 0.0977. The van der Waals surface area contributed by atoms with Crippen LogP contribution in [0.1, 0.15) is 28.3 Å². The number of aromatic nitrogens is 1. The summed E-state index contributed by atoms with van der Waals surface area (Å²) in [6.45, 7) is 1.99. The van der Waals surface area contributed by atoms with Crippen LogP contribution in [0.5, 0.6) is 0 Å². The maximum Gasteiger partial charge on any atom is 0.407 e. The van der Waals surface area contributed by atoms with Crippen molar-refractivity contribution in [2.75, 3.05) is 6.61 Å². The fourth-order valence-corrected chi connectivity index (χ4v) is 4.98. The van der Waals surface area contributed by atoms with Crippen molar-refractivity contribution in [1.82, 2.24) is 10.3 Å². The van der Waals surface area contributed by atoms with Crippen LogP contribution in [0.25, 0.3) is 22.0 Å². The van der Waals surface area contributed by atoms with E-state index in [0.29, 0.717) is 5.02 Å². The minimum atomic E-state index is -1.15. The van der Waals surface area contributed by atoms with Crippen molar-refractivity contribution in [3.8, 4) is 11.1 Å². The number of halogens is 1. The predicted octanol–water partition coefficient (Wildman–Crippen LogP) is 5.66. The van der Waals surface area contributed by atoms with Crippen molar-refractivity contribution in [2.24, 2.45) is 0 Å². The summed E-state index contributed by atoms with van der Waals surface area (Å²) in [5.41, 5.74) is 6.94. The first-order valence-electron chi connectivity index (χ1n) is 11.0. The standard InChI is InChI=1S/C27H23ClN2O4/c1-15-21(22-12-16(28)10-11-24(22)29-15)13-25(26(31)32)30-27(33)34-14-23-19-8-4-2-6-17(19)18-7-3-5-9-20(18)23/h2-12,23,25,29H,13-14H2,1H3,(H,30,33)(H,31,32). The molecule has 1 aliphatic carbocycles. The van der Waals surface area contributed by atoms with Gasteiger partial charge in [-0.25, -0.2) is 9.59 Å². The monoisotopic (exact) mass is 474 g/mol. The molecule has 0 aliphatic heterocycles. The molecule has 1 aromatic heterocycles. The lowest BCUT2D eigenvalue weighted by Crippen LogP contribution is -2.43. The number of ether oxygens (including phenoxy) is 1. The lowest BCUT2D eigenvalue weighted by Gasteiger charge is -2.17. The van der Waals surface area contributed by atoms with Crippen molar-refractivity contribution in [2.45, 2.75) is 25.3 Å². The number of aromatic amines is 1. The molecule has 3 aromatic carbocycles. The Hall–Kier alpha value is -3.77. The van der Waals surface area contributed by atoms with Gasteiger partial charge in [-0.15, -0.1) is 0 Å². The number of aliphatic carboxylic acids is 1. The van der Waals surface area contributed by atoms with E-state index in [9.17, 15) is 14.7 Å². The van der Waals surface area contributed by atoms with Gasteiger partial charge in [0.15, 0.2) is 0 Å². The van der Waals surface area contributed by atoms with Crippen molar-refractivity contribution in [1.29, 1.82) is 0 Å². The number of carboxylic acids is 1. The highest BCUT2D eigenvalue weighted by atomic mass is 35.5. The molecule has 1 aliphatic rings. The van der Waals surface area contributed by atoms with Crippen LogP contribution in [0.15, 0.2) is 66.7 Å². The first kappa shape index (κ1) is 22.0. The molecule has 3 N–H and O–H groups in total. The van der Waals surface area contributed by atoms with Crippen molar-refractivity contribution < 1.29 is 19.4 Å². The maximum atomic E-state index is 12.6. The maximum absolute atomic E-state index is 12.6. The molecular formula is C27H23ClN2O4. The molecule has 1 atom stereocenters. The Kier molecular flexibility index (Phi) is 5.75. The number of carbonyl (C=O) groups excluding carboxylic acids is 1. The summed E-state index contributed by atoms with van der Waals surface area (Å²) in [4.78, 5) is 27.8. The summed E-state index contributed by atoms with van der Waals surface area (Å²) in [6, 6.07) is 20.4. The normalized spacial score (nSPS) is 13.4. The minimum Gasteiger partial charge on any atom is -0.480 e. The quantitative estimate of drug-likeness (QED) is 0.336. The molecule has 0 spiro atoms. The lowest BCUT2D eigenvalue weighted by atomic mass is 9.98. The zero-order valence-electron chi connectivity index (χ0n) is 18.5. The molecule has 1 heterocycles. The van der Waals surface area contributed by atoms with Gasteiger partial charge in [0.2, 0.25) is 0 Å². The van der Waals surface area contributed by atoms with Crippen LogP contribution in [0, 0.1) is 6.92 Å². The van der Waals surface area contributed by atoms with E-state index in [1.165, 1.54) is 0 Å². The molecule has 5 rings (SSSR count). The van der Waals surface area contributed by atoms with Crippen LogP contribution in [-0.2, 0) is 16.0 Å². The Labute approximate surface area is 201 Å². The average Bonchev–Trinajstić information content (AvgIpc) is 3.31. The van der Waals surface area contributed by atoms with Gasteiger partial charge in [0.25, 0.3) is 0 Å². The Morgan fingerprint density at radius 2 is 1.71 bits per heavy atom. The van der Waals surface area contributed by atoms with Gasteiger partial charge in [-0.3, -0.25) is 0 Å². The first-order valence-corrected chi connectivity index (χ1v) is 11.4. The van der Waals surface area contributed by atoms with Gasteiger partial charge in [-0.2, -0.15) is 0 Å². The third kappa shape index (κ3) is 4.01. The van der Waals surface area contributed by atoms with Gasteiger partial charge >= 0.3 is 12.1 Å². The van der Waals surface area contributed by atoms with Gasteiger partial charge in [0.05, 0.1) is 0 Å². The number of amides is 1. The summed E-state index contributed by atoms with van der Waals surface area (Å²) in [5.74, 6) is -1.23. The molecule has 0 saturated carbocycles. The Bertz CT molecular complexity index is 1370. The van der Waals surface area contributed by atoms with Crippen LogP contribution >= 0.6 is 11.6 Å². The van der Waals surface area contributed by atoms with Crippen LogP contribution in [-0.4, -0.2) is 34.8 Å². The Morgan fingerprint density at radius 3 is 2.35 bits per heavy atom. The summed E-state index contributed by atoms with van der Waals surface area (Å²) in [6.07, 6.45) is -0.657. The largest absolute Gasteiger partial charge is 0.480 e.